The van der Waals surface area contributed by atoms with Crippen molar-refractivity contribution < 1.29 is 29.0 Å². The maximum Gasteiger partial charge on any atom is 0.352 e. The Labute approximate surface area is 206 Å². The SMILES string of the molecule is CC.CC.CCc1c2c(nc3ccc(O)cc13)/C(=C/C1=C(C)COC(=O)C1OC(C)=O)N(C=O)C2. The van der Waals surface area contributed by atoms with E-state index >= 15 is 0 Å². The number of benzene rings is 1. The monoisotopic (exact) mass is 482 g/mol. The molecule has 0 bridgehead atoms. The lowest BCUT2D eigenvalue weighted by molar-refractivity contribution is -0.164. The first kappa shape index (κ1) is 27.6. The van der Waals surface area contributed by atoms with Crippen molar-refractivity contribution in [3.05, 3.63) is 52.2 Å². The Hall–Kier alpha value is -3.68. The molecule has 0 spiro atoms. The molecule has 3 heterocycles. The minimum absolute atomic E-state index is 0.0777. The van der Waals surface area contributed by atoms with Gasteiger partial charge in [0.25, 0.3) is 0 Å². The van der Waals surface area contributed by atoms with E-state index in [4.69, 9.17) is 14.5 Å². The van der Waals surface area contributed by atoms with Gasteiger partial charge in [-0.2, -0.15) is 0 Å². The average Bonchev–Trinajstić information content (AvgIpc) is 3.21. The maximum absolute atomic E-state index is 12.3. The molecule has 1 amide bonds. The van der Waals surface area contributed by atoms with Crippen LogP contribution in [0.25, 0.3) is 16.6 Å². The zero-order valence-electron chi connectivity index (χ0n) is 21.5. The van der Waals surface area contributed by atoms with Gasteiger partial charge < -0.3 is 19.5 Å². The third-order valence-corrected chi connectivity index (χ3v) is 5.55. The molecule has 2 aromatic rings. The first-order valence-electron chi connectivity index (χ1n) is 12.0. The molecule has 0 radical (unpaired) electrons. The third kappa shape index (κ3) is 5.53. The fourth-order valence-electron chi connectivity index (χ4n) is 4.09. The predicted octanol–water partition coefficient (Wildman–Crippen LogP) is 4.67. The van der Waals surface area contributed by atoms with Gasteiger partial charge in [0.15, 0.2) is 0 Å². The van der Waals surface area contributed by atoms with Crippen molar-refractivity contribution >= 4 is 34.9 Å². The first-order chi connectivity index (χ1) is 16.8. The lowest BCUT2D eigenvalue weighted by atomic mass is 9.97. The van der Waals surface area contributed by atoms with Crippen molar-refractivity contribution in [3.8, 4) is 5.75 Å². The summed E-state index contributed by atoms with van der Waals surface area (Å²) in [5, 5.41) is 10.8. The number of aromatic hydroxyl groups is 1. The van der Waals surface area contributed by atoms with Gasteiger partial charge in [0.05, 0.1) is 23.5 Å². The molecule has 1 aromatic heterocycles. The van der Waals surface area contributed by atoms with Gasteiger partial charge in [-0.25, -0.2) is 9.78 Å². The summed E-state index contributed by atoms with van der Waals surface area (Å²) >= 11 is 0. The molecule has 8 heteroatoms. The molecule has 1 aromatic carbocycles. The molecule has 188 valence electrons. The minimum atomic E-state index is -1.20. The number of carbonyl (C=O) groups excluding carboxylic acids is 3. The van der Waals surface area contributed by atoms with Crippen LogP contribution in [-0.2, 0) is 36.8 Å². The predicted molar refractivity (Wildman–Crippen MR) is 134 cm³/mol. The summed E-state index contributed by atoms with van der Waals surface area (Å²) in [6.07, 6.45) is 1.89. The van der Waals surface area contributed by atoms with Crippen LogP contribution in [-0.4, -0.2) is 46.0 Å². The Balaban J connectivity index is 0.00000103. The number of hydrogen-bond acceptors (Lipinski definition) is 7. The van der Waals surface area contributed by atoms with Crippen molar-refractivity contribution in [1.82, 2.24) is 9.88 Å². The minimum Gasteiger partial charge on any atom is -0.508 e. The second-order valence-corrected chi connectivity index (χ2v) is 7.57. The molecule has 0 aliphatic carbocycles. The van der Waals surface area contributed by atoms with Crippen molar-refractivity contribution in [2.75, 3.05) is 6.61 Å². The lowest BCUT2D eigenvalue weighted by Crippen LogP contribution is -2.35. The van der Waals surface area contributed by atoms with Crippen LogP contribution in [0, 0.1) is 0 Å². The highest BCUT2D eigenvalue weighted by molar-refractivity contribution is 5.92. The number of aryl methyl sites for hydroxylation is 1. The van der Waals surface area contributed by atoms with Gasteiger partial charge in [0.2, 0.25) is 12.5 Å². The number of phenols is 1. The number of phenolic OH excluding ortho intramolecular Hbond substituents is 1. The Bertz CT molecular complexity index is 1180. The zero-order valence-corrected chi connectivity index (χ0v) is 21.5. The normalized spacial score (nSPS) is 17.7. The van der Waals surface area contributed by atoms with Gasteiger partial charge in [0.1, 0.15) is 12.4 Å². The number of carbonyl (C=O) groups is 3. The molecule has 1 atom stereocenters. The topological polar surface area (TPSA) is 106 Å². The molecular formula is C27H34N2O6. The summed E-state index contributed by atoms with van der Waals surface area (Å²) < 4.78 is 10.3. The van der Waals surface area contributed by atoms with E-state index in [1.165, 1.54) is 11.8 Å². The lowest BCUT2D eigenvalue weighted by Gasteiger charge is -2.25. The zero-order chi connectivity index (χ0) is 26.3. The quantitative estimate of drug-likeness (QED) is 0.498. The Morgan fingerprint density at radius 3 is 2.57 bits per heavy atom. The van der Waals surface area contributed by atoms with E-state index in [0.29, 0.717) is 41.9 Å². The molecule has 4 rings (SSSR count). The van der Waals surface area contributed by atoms with E-state index in [1.807, 2.05) is 34.6 Å². The van der Waals surface area contributed by atoms with E-state index in [-0.39, 0.29) is 12.4 Å². The second kappa shape index (κ2) is 12.1. The van der Waals surface area contributed by atoms with Crippen molar-refractivity contribution in [2.24, 2.45) is 0 Å². The summed E-state index contributed by atoms with van der Waals surface area (Å²) in [5.74, 6) is -1.11. The van der Waals surface area contributed by atoms with Crippen molar-refractivity contribution in [3.63, 3.8) is 0 Å². The van der Waals surface area contributed by atoms with E-state index in [1.54, 1.807) is 31.2 Å². The van der Waals surface area contributed by atoms with Gasteiger partial charge >= 0.3 is 11.9 Å². The fraction of sp³-hybridized carbons (Fsp3) is 0.407. The second-order valence-electron chi connectivity index (χ2n) is 7.57. The smallest absolute Gasteiger partial charge is 0.352 e. The number of hydrogen-bond donors (Lipinski definition) is 1. The summed E-state index contributed by atoms with van der Waals surface area (Å²) in [6.45, 7) is 13.4. The molecule has 8 nitrogen and oxygen atoms in total. The number of nitrogens with zero attached hydrogens (tertiary/aromatic N) is 2. The van der Waals surface area contributed by atoms with Crippen LogP contribution >= 0.6 is 0 Å². The van der Waals surface area contributed by atoms with Gasteiger partial charge in [0, 0.05) is 23.4 Å². The summed E-state index contributed by atoms with van der Waals surface area (Å²) in [6, 6.07) is 4.97. The summed E-state index contributed by atoms with van der Waals surface area (Å²) in [7, 11) is 0. The van der Waals surface area contributed by atoms with Gasteiger partial charge in [-0.1, -0.05) is 34.6 Å². The van der Waals surface area contributed by atoms with Gasteiger partial charge in [-0.15, -0.1) is 0 Å². The van der Waals surface area contributed by atoms with Crippen LogP contribution in [0.4, 0.5) is 0 Å². The number of amides is 1. The van der Waals surface area contributed by atoms with E-state index in [0.717, 1.165) is 22.1 Å². The first-order valence-corrected chi connectivity index (χ1v) is 12.0. The highest BCUT2D eigenvalue weighted by Gasteiger charge is 2.35. The number of rotatable bonds is 4. The molecule has 0 fully saturated rings. The molecule has 1 N–H and O–H groups in total. The molecule has 0 saturated carbocycles. The number of pyridine rings is 1. The number of fused-ring (bicyclic) bond motifs is 2. The van der Waals surface area contributed by atoms with Crippen LogP contribution in [0.5, 0.6) is 5.75 Å². The Morgan fingerprint density at radius 2 is 1.97 bits per heavy atom. The molecular weight excluding hydrogens is 448 g/mol. The van der Waals surface area contributed by atoms with E-state index < -0.39 is 18.0 Å². The van der Waals surface area contributed by atoms with E-state index in [2.05, 4.69) is 0 Å². The number of cyclic esters (lactones) is 1. The van der Waals surface area contributed by atoms with Crippen LogP contribution < -0.4 is 0 Å². The number of esters is 2. The Morgan fingerprint density at radius 1 is 1.29 bits per heavy atom. The van der Waals surface area contributed by atoms with Crippen molar-refractivity contribution in [1.29, 1.82) is 0 Å². The Kier molecular flexibility index (Phi) is 9.57. The number of ether oxygens (including phenoxy) is 2. The van der Waals surface area contributed by atoms with E-state index in [9.17, 15) is 19.5 Å². The largest absolute Gasteiger partial charge is 0.508 e. The molecule has 0 saturated heterocycles. The maximum atomic E-state index is 12.3. The van der Waals surface area contributed by atoms with Crippen LogP contribution in [0.1, 0.15) is 65.3 Å². The summed E-state index contributed by atoms with van der Waals surface area (Å²) in [5.41, 5.74) is 4.93. The molecule has 2 aliphatic heterocycles. The fourth-order valence-corrected chi connectivity index (χ4v) is 4.09. The standard InChI is InChI=1S/C23H22N2O6.2C2H6/c1-4-15-17-7-14(28)5-6-19(17)24-21-18(15)9-25(11-26)20(21)8-16-12(2)10-30-23(29)22(16)31-13(3)27;2*1-2/h5-8,11,22,28H,4,9-10H2,1-3H3;2*1-2H3/b20-8-;;. The third-order valence-electron chi connectivity index (χ3n) is 5.55. The average molecular weight is 483 g/mol. The van der Waals surface area contributed by atoms with Crippen LogP contribution in [0.3, 0.4) is 0 Å². The molecule has 1 unspecified atom stereocenters. The van der Waals surface area contributed by atoms with Crippen LogP contribution in [0.2, 0.25) is 0 Å². The van der Waals surface area contributed by atoms with Crippen LogP contribution in [0.15, 0.2) is 35.4 Å². The van der Waals surface area contributed by atoms with Crippen molar-refractivity contribution in [2.45, 2.75) is 67.5 Å². The van der Waals surface area contributed by atoms with Gasteiger partial charge in [-0.3, -0.25) is 9.59 Å². The van der Waals surface area contributed by atoms with Gasteiger partial charge in [-0.05, 0) is 48.8 Å². The highest BCUT2D eigenvalue weighted by atomic mass is 16.6. The number of aromatic nitrogens is 1. The molecule has 35 heavy (non-hydrogen) atoms. The highest BCUT2D eigenvalue weighted by Crippen LogP contribution is 2.38. The molecule has 2 aliphatic rings. The summed E-state index contributed by atoms with van der Waals surface area (Å²) in [4.78, 5) is 42.0.